The van der Waals surface area contributed by atoms with Gasteiger partial charge in [0.1, 0.15) is 5.60 Å². The molecule has 0 fully saturated rings. The molecule has 0 aliphatic rings. The molecule has 0 spiro atoms. The first-order valence-electron chi connectivity index (χ1n) is 10.7. The summed E-state index contributed by atoms with van der Waals surface area (Å²) < 4.78 is 6.63. The number of benzene rings is 1. The molecule has 0 saturated carbocycles. The summed E-state index contributed by atoms with van der Waals surface area (Å²) in [4.78, 5) is 41.3. The smallest absolute Gasteiger partial charge is 0.413 e. The first kappa shape index (κ1) is 27.6. The molecule has 0 aliphatic heterocycles. The Morgan fingerprint density at radius 1 is 1.09 bits per heavy atom. The lowest BCUT2D eigenvalue weighted by molar-refractivity contribution is 0.0634. The van der Waals surface area contributed by atoms with Gasteiger partial charge in [-0.05, 0) is 58.6 Å². The zero-order valence-corrected chi connectivity index (χ0v) is 22.3. The third kappa shape index (κ3) is 8.94. The van der Waals surface area contributed by atoms with Crippen LogP contribution in [-0.2, 0) is 18.3 Å². The highest BCUT2D eigenvalue weighted by Crippen LogP contribution is 2.32. The van der Waals surface area contributed by atoms with Crippen molar-refractivity contribution in [3.63, 3.8) is 0 Å². The average molecular weight is 508 g/mol. The summed E-state index contributed by atoms with van der Waals surface area (Å²) in [6.45, 7) is 10.2. The van der Waals surface area contributed by atoms with Crippen molar-refractivity contribution < 1.29 is 19.1 Å². The minimum absolute atomic E-state index is 0.0834. The highest BCUT2D eigenvalue weighted by Gasteiger charge is 2.21. The van der Waals surface area contributed by atoms with E-state index < -0.39 is 17.6 Å². The standard InChI is InChI=1S/C23H33N5O4S2/c1-22(2,3)32-21(31)27-17-13-28(6)18(26-17)20(30)24-12-15-9-8-10-16(11-15)19(29)25-14-23(4,5)34-33-7/h8-11,13H,12,14H2,1-7H3,(H,24,30)(H,25,29)(H,27,31). The lowest BCUT2D eigenvalue weighted by Gasteiger charge is -2.22. The summed E-state index contributed by atoms with van der Waals surface area (Å²) in [5, 5.41) is 8.28. The highest BCUT2D eigenvalue weighted by atomic mass is 33.1. The number of anilines is 1. The maximum Gasteiger partial charge on any atom is 0.413 e. The van der Waals surface area contributed by atoms with Gasteiger partial charge in [0.15, 0.2) is 5.82 Å². The summed E-state index contributed by atoms with van der Waals surface area (Å²) in [7, 11) is 5.03. The third-order valence-electron chi connectivity index (χ3n) is 4.33. The molecule has 0 unspecified atom stereocenters. The van der Waals surface area contributed by atoms with E-state index in [1.54, 1.807) is 67.6 Å². The molecule has 1 aromatic carbocycles. The van der Waals surface area contributed by atoms with E-state index in [9.17, 15) is 14.4 Å². The number of amides is 3. The Morgan fingerprint density at radius 3 is 2.44 bits per heavy atom. The number of carbonyl (C=O) groups is 3. The van der Waals surface area contributed by atoms with Crippen molar-refractivity contribution in [1.29, 1.82) is 0 Å². The van der Waals surface area contributed by atoms with Gasteiger partial charge in [-0.15, -0.1) is 0 Å². The van der Waals surface area contributed by atoms with Gasteiger partial charge in [-0.2, -0.15) is 0 Å². The molecule has 186 valence electrons. The summed E-state index contributed by atoms with van der Waals surface area (Å²) in [5.74, 6) is -0.230. The van der Waals surface area contributed by atoms with Crippen molar-refractivity contribution in [3.05, 3.63) is 47.4 Å². The van der Waals surface area contributed by atoms with Crippen molar-refractivity contribution in [3.8, 4) is 0 Å². The van der Waals surface area contributed by atoms with E-state index in [1.165, 1.54) is 10.8 Å². The second-order valence-electron chi connectivity index (χ2n) is 9.26. The summed E-state index contributed by atoms with van der Waals surface area (Å²) in [6.07, 6.45) is 2.89. The summed E-state index contributed by atoms with van der Waals surface area (Å²) >= 11 is 0. The Labute approximate surface area is 208 Å². The number of aryl methyl sites for hydroxylation is 1. The van der Waals surface area contributed by atoms with Gasteiger partial charge < -0.3 is 19.9 Å². The molecular formula is C23H33N5O4S2. The molecule has 0 bridgehead atoms. The fraction of sp³-hybridized carbons (Fsp3) is 0.478. The maximum atomic E-state index is 12.6. The number of nitrogens with one attached hydrogen (secondary N) is 3. The van der Waals surface area contributed by atoms with E-state index in [4.69, 9.17) is 4.74 Å². The van der Waals surface area contributed by atoms with Crippen LogP contribution in [0.4, 0.5) is 10.6 Å². The Balaban J connectivity index is 1.96. The molecule has 1 heterocycles. The Morgan fingerprint density at radius 2 is 1.79 bits per heavy atom. The molecule has 9 nitrogen and oxygen atoms in total. The van der Waals surface area contributed by atoms with Crippen molar-refractivity contribution in [1.82, 2.24) is 20.2 Å². The van der Waals surface area contributed by atoms with E-state index >= 15 is 0 Å². The lowest BCUT2D eigenvalue weighted by Crippen LogP contribution is -2.35. The van der Waals surface area contributed by atoms with Gasteiger partial charge in [0, 0.05) is 36.6 Å². The predicted octanol–water partition coefficient (Wildman–Crippen LogP) is 4.22. The number of hydrogen-bond donors (Lipinski definition) is 3. The van der Waals surface area contributed by atoms with Gasteiger partial charge in [0.05, 0.1) is 0 Å². The quantitative estimate of drug-likeness (QED) is 0.436. The van der Waals surface area contributed by atoms with Crippen LogP contribution in [0, 0.1) is 0 Å². The molecule has 11 heteroatoms. The summed E-state index contributed by atoms with van der Waals surface area (Å²) in [6, 6.07) is 7.10. The molecule has 3 N–H and O–H groups in total. The minimum Gasteiger partial charge on any atom is -0.444 e. The van der Waals surface area contributed by atoms with Crippen molar-refractivity contribution >= 4 is 45.3 Å². The minimum atomic E-state index is -0.650. The number of rotatable bonds is 9. The van der Waals surface area contributed by atoms with Crippen LogP contribution >= 0.6 is 21.6 Å². The monoisotopic (exact) mass is 507 g/mol. The second kappa shape index (κ2) is 11.7. The van der Waals surface area contributed by atoms with Crippen molar-refractivity contribution in [2.24, 2.45) is 7.05 Å². The van der Waals surface area contributed by atoms with E-state index in [-0.39, 0.29) is 28.8 Å². The van der Waals surface area contributed by atoms with Gasteiger partial charge in [0.2, 0.25) is 5.82 Å². The van der Waals surface area contributed by atoms with E-state index in [2.05, 4.69) is 34.8 Å². The first-order valence-corrected chi connectivity index (χ1v) is 13.3. The van der Waals surface area contributed by atoms with Crippen LogP contribution in [0.5, 0.6) is 0 Å². The van der Waals surface area contributed by atoms with Gasteiger partial charge in [-0.3, -0.25) is 14.9 Å². The molecule has 3 amide bonds. The molecule has 0 aliphatic carbocycles. The second-order valence-corrected chi connectivity index (χ2v) is 12.4. The normalized spacial score (nSPS) is 11.6. The van der Waals surface area contributed by atoms with Gasteiger partial charge in [-0.1, -0.05) is 33.7 Å². The molecule has 0 atom stereocenters. The molecule has 0 saturated heterocycles. The van der Waals surface area contributed by atoms with Crippen molar-refractivity contribution in [2.45, 2.75) is 51.5 Å². The zero-order valence-electron chi connectivity index (χ0n) is 20.6. The number of aromatic nitrogens is 2. The first-order chi connectivity index (χ1) is 15.8. The number of ether oxygens (including phenoxy) is 1. The van der Waals surface area contributed by atoms with Gasteiger partial charge in [0.25, 0.3) is 11.8 Å². The van der Waals surface area contributed by atoms with E-state index in [0.717, 1.165) is 5.56 Å². The molecule has 1 aromatic heterocycles. The maximum absolute atomic E-state index is 12.6. The van der Waals surface area contributed by atoms with Crippen LogP contribution in [0.25, 0.3) is 0 Å². The number of imidazole rings is 1. The average Bonchev–Trinajstić information content (AvgIpc) is 3.09. The van der Waals surface area contributed by atoms with Gasteiger partial charge in [-0.25, -0.2) is 9.78 Å². The van der Waals surface area contributed by atoms with E-state index in [0.29, 0.717) is 12.1 Å². The number of nitrogens with zero attached hydrogens (tertiary/aromatic N) is 2. The predicted molar refractivity (Wildman–Crippen MR) is 138 cm³/mol. The topological polar surface area (TPSA) is 114 Å². The molecule has 2 aromatic rings. The number of hydrogen-bond acceptors (Lipinski definition) is 7. The molecule has 2 rings (SSSR count). The molecular weight excluding hydrogens is 474 g/mol. The Bertz CT molecular complexity index is 1030. The van der Waals surface area contributed by atoms with Crippen LogP contribution in [0.1, 0.15) is 61.2 Å². The molecule has 0 radical (unpaired) electrons. The largest absolute Gasteiger partial charge is 0.444 e. The highest BCUT2D eigenvalue weighted by molar-refractivity contribution is 8.76. The third-order valence-corrected chi connectivity index (χ3v) is 6.95. The van der Waals surface area contributed by atoms with Crippen LogP contribution in [0.2, 0.25) is 0 Å². The summed E-state index contributed by atoms with van der Waals surface area (Å²) in [5.41, 5.74) is 0.659. The molecule has 34 heavy (non-hydrogen) atoms. The van der Waals surface area contributed by atoms with Crippen molar-refractivity contribution in [2.75, 3.05) is 18.1 Å². The fourth-order valence-corrected chi connectivity index (χ4v) is 4.99. The Kier molecular flexibility index (Phi) is 9.45. The van der Waals surface area contributed by atoms with Crippen LogP contribution < -0.4 is 16.0 Å². The SMILES string of the molecule is CSSC(C)(C)CNC(=O)c1cccc(CNC(=O)c2nc(NC(=O)OC(C)(C)C)cn2C)c1. The Hall–Kier alpha value is -2.66. The zero-order chi connectivity index (χ0) is 25.5. The van der Waals surface area contributed by atoms with Crippen LogP contribution in [0.15, 0.2) is 30.5 Å². The number of carbonyl (C=O) groups excluding carboxylic acids is 3. The lowest BCUT2D eigenvalue weighted by atomic mass is 10.1. The van der Waals surface area contributed by atoms with Crippen LogP contribution in [0.3, 0.4) is 0 Å². The van der Waals surface area contributed by atoms with Gasteiger partial charge >= 0.3 is 6.09 Å². The fourth-order valence-electron chi connectivity index (χ4n) is 2.88. The van der Waals surface area contributed by atoms with E-state index in [1.807, 2.05) is 12.3 Å². The van der Waals surface area contributed by atoms with Crippen LogP contribution in [-0.4, -0.2) is 50.6 Å².